The van der Waals surface area contributed by atoms with Crippen molar-refractivity contribution in [3.63, 3.8) is 0 Å². The Bertz CT molecular complexity index is 892. The van der Waals surface area contributed by atoms with Crippen molar-refractivity contribution in [1.82, 2.24) is 15.3 Å². The summed E-state index contributed by atoms with van der Waals surface area (Å²) in [7, 11) is 0. The van der Waals surface area contributed by atoms with Crippen molar-refractivity contribution in [2.75, 3.05) is 11.9 Å². The molecule has 0 spiro atoms. The van der Waals surface area contributed by atoms with Crippen LogP contribution in [0.15, 0.2) is 55.0 Å². The second-order valence-electron chi connectivity index (χ2n) is 7.63. The number of hydrogen-bond donors (Lipinski definition) is 2. The number of pyridine rings is 2. The summed E-state index contributed by atoms with van der Waals surface area (Å²) in [4.78, 5) is 8.51. The highest BCUT2D eigenvalue weighted by molar-refractivity contribution is 6.31. The summed E-state index contributed by atoms with van der Waals surface area (Å²) in [5, 5.41) is 9.35. The van der Waals surface area contributed by atoms with Crippen molar-refractivity contribution in [3.05, 3.63) is 65.6 Å². The van der Waals surface area contributed by atoms with Crippen LogP contribution in [0.25, 0.3) is 10.9 Å². The summed E-state index contributed by atoms with van der Waals surface area (Å²) in [6.07, 6.45) is 12.7. The number of nitrogens with one attached hydrogen (secondary N) is 2. The van der Waals surface area contributed by atoms with Crippen molar-refractivity contribution in [3.8, 4) is 0 Å². The SMILES string of the molecule is Clc1ccc2c(NC3CCC(NCCCc4ccncc4)CC3)ccnc2c1. The second-order valence-corrected chi connectivity index (χ2v) is 8.06. The number of nitrogens with zero attached hydrogens (tertiary/aromatic N) is 2. The highest BCUT2D eigenvalue weighted by Crippen LogP contribution is 2.28. The third-order valence-corrected chi connectivity index (χ3v) is 5.85. The number of fused-ring (bicyclic) bond motifs is 1. The molecule has 146 valence electrons. The predicted molar refractivity (Wildman–Crippen MR) is 117 cm³/mol. The fourth-order valence-corrected chi connectivity index (χ4v) is 4.22. The van der Waals surface area contributed by atoms with E-state index in [1.807, 2.05) is 30.7 Å². The number of anilines is 1. The van der Waals surface area contributed by atoms with Gasteiger partial charge >= 0.3 is 0 Å². The Balaban J connectivity index is 1.22. The monoisotopic (exact) mass is 394 g/mol. The molecule has 0 saturated heterocycles. The number of hydrogen-bond acceptors (Lipinski definition) is 4. The lowest BCUT2D eigenvalue weighted by Crippen LogP contribution is -2.37. The maximum Gasteiger partial charge on any atom is 0.0737 e. The number of benzene rings is 1. The van der Waals surface area contributed by atoms with Crippen LogP contribution in [-0.4, -0.2) is 28.6 Å². The van der Waals surface area contributed by atoms with E-state index < -0.39 is 0 Å². The van der Waals surface area contributed by atoms with E-state index in [2.05, 4.69) is 44.9 Å². The summed E-state index contributed by atoms with van der Waals surface area (Å²) < 4.78 is 0. The third-order valence-electron chi connectivity index (χ3n) is 5.62. The minimum atomic E-state index is 0.524. The van der Waals surface area contributed by atoms with Crippen LogP contribution in [0.2, 0.25) is 5.02 Å². The van der Waals surface area contributed by atoms with Gasteiger partial charge < -0.3 is 10.6 Å². The van der Waals surface area contributed by atoms with E-state index in [0.29, 0.717) is 12.1 Å². The number of aryl methyl sites for hydroxylation is 1. The summed E-state index contributed by atoms with van der Waals surface area (Å²) in [5.41, 5.74) is 3.48. The van der Waals surface area contributed by atoms with Crippen LogP contribution in [0, 0.1) is 0 Å². The number of halogens is 1. The van der Waals surface area contributed by atoms with E-state index in [1.165, 1.54) is 37.7 Å². The van der Waals surface area contributed by atoms with Gasteiger partial charge in [0.15, 0.2) is 0 Å². The Kier molecular flexibility index (Phi) is 6.40. The zero-order valence-corrected chi connectivity index (χ0v) is 16.8. The molecule has 2 N–H and O–H groups in total. The lowest BCUT2D eigenvalue weighted by molar-refractivity contribution is 0.353. The highest BCUT2D eigenvalue weighted by atomic mass is 35.5. The first-order valence-corrected chi connectivity index (χ1v) is 10.6. The lowest BCUT2D eigenvalue weighted by atomic mass is 9.90. The lowest BCUT2D eigenvalue weighted by Gasteiger charge is -2.30. The zero-order chi connectivity index (χ0) is 19.2. The molecular weight excluding hydrogens is 368 g/mol. The molecule has 0 atom stereocenters. The van der Waals surface area contributed by atoms with Gasteiger partial charge in [-0.1, -0.05) is 11.6 Å². The van der Waals surface area contributed by atoms with Crippen molar-refractivity contribution in [2.24, 2.45) is 0 Å². The van der Waals surface area contributed by atoms with Gasteiger partial charge in [0.2, 0.25) is 0 Å². The molecule has 4 nitrogen and oxygen atoms in total. The minimum absolute atomic E-state index is 0.524. The van der Waals surface area contributed by atoms with Crippen LogP contribution in [-0.2, 0) is 6.42 Å². The largest absolute Gasteiger partial charge is 0.382 e. The molecule has 0 bridgehead atoms. The van der Waals surface area contributed by atoms with Gasteiger partial charge in [0, 0.05) is 46.8 Å². The topological polar surface area (TPSA) is 49.8 Å². The van der Waals surface area contributed by atoms with Crippen LogP contribution < -0.4 is 10.6 Å². The van der Waals surface area contributed by atoms with Gasteiger partial charge in [-0.3, -0.25) is 9.97 Å². The summed E-state index contributed by atoms with van der Waals surface area (Å²) >= 11 is 6.10. The maximum atomic E-state index is 6.10. The van der Waals surface area contributed by atoms with Gasteiger partial charge in [-0.25, -0.2) is 0 Å². The maximum absolute atomic E-state index is 6.10. The molecular formula is C23H27ClN4. The normalized spacial score (nSPS) is 19.6. The molecule has 1 saturated carbocycles. The molecule has 0 radical (unpaired) electrons. The molecule has 0 aliphatic heterocycles. The van der Waals surface area contributed by atoms with Gasteiger partial charge in [0.25, 0.3) is 0 Å². The van der Waals surface area contributed by atoms with Gasteiger partial charge in [0.05, 0.1) is 5.52 Å². The van der Waals surface area contributed by atoms with Gasteiger partial charge in [-0.05, 0) is 87.0 Å². The summed E-state index contributed by atoms with van der Waals surface area (Å²) in [5.74, 6) is 0. The fourth-order valence-electron chi connectivity index (χ4n) is 4.06. The number of aromatic nitrogens is 2. The van der Waals surface area contributed by atoms with E-state index >= 15 is 0 Å². The second kappa shape index (κ2) is 9.35. The number of rotatable bonds is 7. The standard InChI is InChI=1S/C23H27ClN4/c24-18-3-8-21-22(11-15-27-23(21)16-18)28-20-6-4-19(5-7-20)26-12-1-2-17-9-13-25-14-10-17/h3,8-11,13-16,19-20,26H,1-2,4-7,12H2,(H,27,28). The van der Waals surface area contributed by atoms with Crippen molar-refractivity contribution in [1.29, 1.82) is 0 Å². The van der Waals surface area contributed by atoms with Crippen LogP contribution in [0.4, 0.5) is 5.69 Å². The van der Waals surface area contributed by atoms with E-state index in [9.17, 15) is 0 Å². The quantitative estimate of drug-likeness (QED) is 0.539. The van der Waals surface area contributed by atoms with Gasteiger partial charge in [0.1, 0.15) is 0 Å². The average Bonchev–Trinajstić information content (AvgIpc) is 2.73. The molecule has 2 heterocycles. The van der Waals surface area contributed by atoms with E-state index in [-0.39, 0.29) is 0 Å². The van der Waals surface area contributed by atoms with Crippen molar-refractivity contribution in [2.45, 2.75) is 50.6 Å². The summed E-state index contributed by atoms with van der Waals surface area (Å²) in [6, 6.07) is 13.4. The minimum Gasteiger partial charge on any atom is -0.382 e. The molecule has 28 heavy (non-hydrogen) atoms. The summed E-state index contributed by atoms with van der Waals surface area (Å²) in [6.45, 7) is 1.08. The van der Waals surface area contributed by atoms with Gasteiger partial charge in [-0.2, -0.15) is 0 Å². The average molecular weight is 395 g/mol. The van der Waals surface area contributed by atoms with Crippen LogP contribution in [0.1, 0.15) is 37.7 Å². The van der Waals surface area contributed by atoms with Crippen LogP contribution in [0.5, 0.6) is 0 Å². The van der Waals surface area contributed by atoms with Crippen LogP contribution >= 0.6 is 11.6 Å². The molecule has 4 rings (SSSR count). The van der Waals surface area contributed by atoms with Crippen LogP contribution in [0.3, 0.4) is 0 Å². The smallest absolute Gasteiger partial charge is 0.0737 e. The Labute approximate surface area is 171 Å². The molecule has 2 aromatic heterocycles. The van der Waals surface area contributed by atoms with E-state index in [1.54, 1.807) is 0 Å². The fraction of sp³-hybridized carbons (Fsp3) is 0.391. The molecule has 3 aromatic rings. The van der Waals surface area contributed by atoms with E-state index in [4.69, 9.17) is 11.6 Å². The Morgan fingerprint density at radius 3 is 2.54 bits per heavy atom. The molecule has 1 fully saturated rings. The van der Waals surface area contributed by atoms with E-state index in [0.717, 1.165) is 34.6 Å². The molecule has 0 amide bonds. The molecule has 5 heteroatoms. The Morgan fingerprint density at radius 2 is 1.71 bits per heavy atom. The Hall–Kier alpha value is -2.17. The molecule has 1 aromatic carbocycles. The zero-order valence-electron chi connectivity index (χ0n) is 16.1. The molecule has 1 aliphatic carbocycles. The van der Waals surface area contributed by atoms with Gasteiger partial charge in [-0.15, -0.1) is 0 Å². The molecule has 1 aliphatic rings. The first-order valence-electron chi connectivity index (χ1n) is 10.2. The third kappa shape index (κ3) is 5.00. The molecule has 0 unspecified atom stereocenters. The van der Waals surface area contributed by atoms with Crippen molar-refractivity contribution >= 4 is 28.2 Å². The Morgan fingerprint density at radius 1 is 0.929 bits per heavy atom. The van der Waals surface area contributed by atoms with Crippen molar-refractivity contribution < 1.29 is 0 Å². The highest BCUT2D eigenvalue weighted by Gasteiger charge is 2.21. The first kappa shape index (κ1) is 19.2. The predicted octanol–water partition coefficient (Wildman–Crippen LogP) is 5.23. The first-order chi connectivity index (χ1) is 13.8.